The van der Waals surface area contributed by atoms with Crippen LogP contribution in [0.15, 0.2) is 30.6 Å². The van der Waals surface area contributed by atoms with Gasteiger partial charge in [0.25, 0.3) is 5.91 Å². The minimum Gasteiger partial charge on any atom is -0.493 e. The summed E-state index contributed by atoms with van der Waals surface area (Å²) in [5, 5.41) is 3.14. The first kappa shape index (κ1) is 19.4. The number of piperazine rings is 1. The highest BCUT2D eigenvalue weighted by molar-refractivity contribution is 5.93. The topological polar surface area (TPSA) is 96.9 Å². The number of carbonyl (C=O) groups excluding carboxylic acids is 2. The summed E-state index contributed by atoms with van der Waals surface area (Å²) in [6.45, 7) is 3.57. The Morgan fingerprint density at radius 3 is 2.29 bits per heavy atom. The van der Waals surface area contributed by atoms with Crippen molar-refractivity contribution in [3.63, 3.8) is 0 Å². The number of hydrogen-bond acceptors (Lipinski definition) is 7. The Morgan fingerprint density at radius 2 is 1.64 bits per heavy atom. The molecule has 1 aromatic carbocycles. The van der Waals surface area contributed by atoms with Crippen molar-refractivity contribution in [3.8, 4) is 11.5 Å². The normalized spacial score (nSPS) is 13.8. The van der Waals surface area contributed by atoms with Crippen molar-refractivity contribution >= 4 is 23.3 Å². The fourth-order valence-electron chi connectivity index (χ4n) is 2.99. The molecule has 1 saturated heterocycles. The predicted octanol–water partition coefficient (Wildman–Crippen LogP) is 1.54. The fourth-order valence-corrected chi connectivity index (χ4v) is 2.99. The zero-order valence-electron chi connectivity index (χ0n) is 16.1. The number of benzene rings is 1. The lowest BCUT2D eigenvalue weighted by atomic mass is 10.2. The molecule has 2 heterocycles. The molecular formula is C19H23N5O4. The number of rotatable bonds is 5. The van der Waals surface area contributed by atoms with Crippen molar-refractivity contribution in [1.82, 2.24) is 19.8 Å². The van der Waals surface area contributed by atoms with E-state index in [1.165, 1.54) is 13.3 Å². The smallest absolute Gasteiger partial charge is 0.272 e. The maximum atomic E-state index is 12.7. The molecule has 0 atom stereocenters. The van der Waals surface area contributed by atoms with Crippen LogP contribution in [-0.2, 0) is 4.79 Å². The highest BCUT2D eigenvalue weighted by Gasteiger charge is 2.24. The number of anilines is 2. The zero-order valence-corrected chi connectivity index (χ0v) is 16.1. The Morgan fingerprint density at radius 1 is 0.964 bits per heavy atom. The molecule has 1 aliphatic rings. The third-order valence-electron chi connectivity index (χ3n) is 4.55. The zero-order chi connectivity index (χ0) is 20.1. The number of aromatic nitrogens is 2. The second kappa shape index (κ2) is 8.55. The molecule has 0 saturated carbocycles. The van der Waals surface area contributed by atoms with Crippen LogP contribution >= 0.6 is 0 Å². The van der Waals surface area contributed by atoms with Gasteiger partial charge in [0.05, 0.1) is 14.2 Å². The lowest BCUT2D eigenvalue weighted by molar-refractivity contribution is -0.130. The monoisotopic (exact) mass is 385 g/mol. The van der Waals surface area contributed by atoms with E-state index in [-0.39, 0.29) is 11.8 Å². The van der Waals surface area contributed by atoms with Crippen molar-refractivity contribution < 1.29 is 19.1 Å². The van der Waals surface area contributed by atoms with Gasteiger partial charge in [-0.15, -0.1) is 0 Å². The summed E-state index contributed by atoms with van der Waals surface area (Å²) < 4.78 is 10.5. The molecule has 1 aliphatic heterocycles. The van der Waals surface area contributed by atoms with Crippen LogP contribution in [0.4, 0.5) is 11.5 Å². The van der Waals surface area contributed by atoms with Gasteiger partial charge in [0.1, 0.15) is 17.8 Å². The first-order valence-corrected chi connectivity index (χ1v) is 8.87. The van der Waals surface area contributed by atoms with Gasteiger partial charge < -0.3 is 24.6 Å². The largest absolute Gasteiger partial charge is 0.493 e. The molecule has 1 fully saturated rings. The van der Waals surface area contributed by atoms with E-state index in [4.69, 9.17) is 9.47 Å². The molecule has 3 rings (SSSR count). The molecule has 2 aromatic rings. The maximum absolute atomic E-state index is 12.7. The van der Waals surface area contributed by atoms with E-state index in [0.717, 1.165) is 5.69 Å². The highest BCUT2D eigenvalue weighted by Crippen LogP contribution is 2.30. The number of nitrogens with one attached hydrogen (secondary N) is 1. The highest BCUT2D eigenvalue weighted by atomic mass is 16.5. The number of hydrogen-bond donors (Lipinski definition) is 1. The average molecular weight is 385 g/mol. The molecule has 2 amide bonds. The summed E-state index contributed by atoms with van der Waals surface area (Å²) in [6.07, 6.45) is 1.35. The standard InChI is InChI=1S/C19H23N5O4/c1-13(25)23-6-8-24(9-7-23)19(26)15-11-18(21-12-20-15)22-14-4-5-16(27-2)17(10-14)28-3/h4-5,10-12H,6-9H2,1-3H3,(H,20,21,22). The first-order valence-electron chi connectivity index (χ1n) is 8.87. The van der Waals surface area contributed by atoms with Crippen LogP contribution < -0.4 is 14.8 Å². The second-order valence-corrected chi connectivity index (χ2v) is 6.28. The number of ether oxygens (including phenoxy) is 2. The number of nitrogens with zero attached hydrogens (tertiary/aromatic N) is 4. The van der Waals surface area contributed by atoms with Crippen molar-refractivity contribution in [1.29, 1.82) is 0 Å². The van der Waals surface area contributed by atoms with Crippen LogP contribution in [0.3, 0.4) is 0 Å². The lowest BCUT2D eigenvalue weighted by Crippen LogP contribution is -2.50. The van der Waals surface area contributed by atoms with Gasteiger partial charge in [-0.1, -0.05) is 0 Å². The maximum Gasteiger partial charge on any atom is 0.272 e. The van der Waals surface area contributed by atoms with Gasteiger partial charge in [-0.05, 0) is 12.1 Å². The summed E-state index contributed by atoms with van der Waals surface area (Å²) in [6, 6.07) is 6.99. The molecule has 0 spiro atoms. The van der Waals surface area contributed by atoms with E-state index in [1.54, 1.807) is 42.2 Å². The third kappa shape index (κ3) is 4.30. The summed E-state index contributed by atoms with van der Waals surface area (Å²) in [5.74, 6) is 1.54. The Balaban J connectivity index is 1.70. The van der Waals surface area contributed by atoms with E-state index in [0.29, 0.717) is 49.2 Å². The van der Waals surface area contributed by atoms with Crippen molar-refractivity contribution in [3.05, 3.63) is 36.3 Å². The van der Waals surface area contributed by atoms with Gasteiger partial charge in [-0.2, -0.15) is 0 Å². The molecule has 28 heavy (non-hydrogen) atoms. The van der Waals surface area contributed by atoms with Crippen LogP contribution in [0.5, 0.6) is 11.5 Å². The summed E-state index contributed by atoms with van der Waals surface area (Å²) in [4.78, 5) is 35.9. The Bertz CT molecular complexity index is 865. The fraction of sp³-hybridized carbons (Fsp3) is 0.368. The molecule has 0 unspecified atom stereocenters. The first-order chi connectivity index (χ1) is 13.5. The minimum atomic E-state index is -0.180. The van der Waals surface area contributed by atoms with Crippen LogP contribution in [0.1, 0.15) is 17.4 Å². The molecule has 9 nitrogen and oxygen atoms in total. The summed E-state index contributed by atoms with van der Waals surface area (Å²) in [7, 11) is 3.14. The predicted molar refractivity (Wildman–Crippen MR) is 103 cm³/mol. The van der Waals surface area contributed by atoms with Gasteiger partial charge in [-0.25, -0.2) is 9.97 Å². The number of carbonyl (C=O) groups is 2. The molecule has 148 valence electrons. The van der Waals surface area contributed by atoms with E-state index < -0.39 is 0 Å². The molecule has 0 radical (unpaired) electrons. The van der Waals surface area contributed by atoms with Crippen molar-refractivity contribution in [2.75, 3.05) is 45.7 Å². The van der Waals surface area contributed by atoms with Crippen LogP contribution in [0.2, 0.25) is 0 Å². The van der Waals surface area contributed by atoms with Gasteiger partial charge >= 0.3 is 0 Å². The van der Waals surface area contributed by atoms with Gasteiger partial charge in [0, 0.05) is 50.9 Å². The Labute approximate surface area is 163 Å². The Hall–Kier alpha value is -3.36. The molecule has 9 heteroatoms. The number of methoxy groups -OCH3 is 2. The number of amides is 2. The van der Waals surface area contributed by atoms with Crippen LogP contribution in [0.25, 0.3) is 0 Å². The SMILES string of the molecule is COc1ccc(Nc2cc(C(=O)N3CCN(C(C)=O)CC3)ncn2)cc1OC. The molecule has 0 bridgehead atoms. The average Bonchev–Trinajstić information content (AvgIpc) is 2.73. The van der Waals surface area contributed by atoms with Crippen molar-refractivity contribution in [2.24, 2.45) is 0 Å². The van der Waals surface area contributed by atoms with Crippen LogP contribution in [0, 0.1) is 0 Å². The lowest BCUT2D eigenvalue weighted by Gasteiger charge is -2.34. The van der Waals surface area contributed by atoms with Crippen LogP contribution in [-0.4, -0.2) is 72.0 Å². The van der Waals surface area contributed by atoms with E-state index >= 15 is 0 Å². The molecular weight excluding hydrogens is 362 g/mol. The van der Waals surface area contributed by atoms with E-state index in [9.17, 15) is 9.59 Å². The summed E-state index contributed by atoms with van der Waals surface area (Å²) in [5.41, 5.74) is 1.04. The third-order valence-corrected chi connectivity index (χ3v) is 4.55. The van der Waals surface area contributed by atoms with Gasteiger partial charge in [0.2, 0.25) is 5.91 Å². The minimum absolute atomic E-state index is 0.0236. The quantitative estimate of drug-likeness (QED) is 0.834. The van der Waals surface area contributed by atoms with Crippen molar-refractivity contribution in [2.45, 2.75) is 6.92 Å². The summed E-state index contributed by atoms with van der Waals surface area (Å²) >= 11 is 0. The van der Waals surface area contributed by atoms with E-state index in [2.05, 4.69) is 15.3 Å². The molecule has 0 aliphatic carbocycles. The van der Waals surface area contributed by atoms with E-state index in [1.807, 2.05) is 6.07 Å². The Kier molecular flexibility index (Phi) is 5.93. The molecule has 1 aromatic heterocycles. The second-order valence-electron chi connectivity index (χ2n) is 6.28. The van der Waals surface area contributed by atoms with Gasteiger partial charge in [0.15, 0.2) is 11.5 Å². The van der Waals surface area contributed by atoms with Gasteiger partial charge in [-0.3, -0.25) is 9.59 Å². The molecule has 1 N–H and O–H groups in total.